The quantitative estimate of drug-likeness (QED) is 0.874. The van der Waals surface area contributed by atoms with Gasteiger partial charge >= 0.3 is 0 Å². The molecule has 2 aromatic rings. The first-order chi connectivity index (χ1) is 13.0. The number of benzene rings is 2. The minimum Gasteiger partial charge on any atom is -0.372 e. The average Bonchev–Trinajstić information content (AvgIpc) is 3.17. The fourth-order valence-electron chi connectivity index (χ4n) is 3.54. The van der Waals surface area contributed by atoms with Crippen molar-refractivity contribution in [3.8, 4) is 0 Å². The number of aryl methyl sites for hydroxylation is 2. The number of anilines is 3. The molecular formula is C22H27N3O2. The molecule has 2 amide bonds. The van der Waals surface area contributed by atoms with Crippen molar-refractivity contribution < 1.29 is 9.59 Å². The molecule has 5 nitrogen and oxygen atoms in total. The van der Waals surface area contributed by atoms with Crippen LogP contribution in [-0.4, -0.2) is 31.4 Å². The summed E-state index contributed by atoms with van der Waals surface area (Å²) in [6, 6.07) is 13.8. The number of hydrogen-bond acceptors (Lipinski definition) is 3. The first-order valence-corrected chi connectivity index (χ1v) is 9.45. The summed E-state index contributed by atoms with van der Waals surface area (Å²) in [6.45, 7) is 7.56. The molecule has 1 saturated heterocycles. The first kappa shape index (κ1) is 19.0. The van der Waals surface area contributed by atoms with Crippen molar-refractivity contribution in [1.29, 1.82) is 0 Å². The minimum absolute atomic E-state index is 0.00777. The predicted molar refractivity (Wildman–Crippen MR) is 110 cm³/mol. The normalized spacial score (nSPS) is 13.5. The van der Waals surface area contributed by atoms with Gasteiger partial charge in [0, 0.05) is 37.1 Å². The fourth-order valence-corrected chi connectivity index (χ4v) is 3.54. The van der Waals surface area contributed by atoms with E-state index in [1.165, 1.54) is 30.4 Å². The highest BCUT2D eigenvalue weighted by molar-refractivity contribution is 6.02. The van der Waals surface area contributed by atoms with E-state index in [-0.39, 0.29) is 18.4 Å². The van der Waals surface area contributed by atoms with Crippen molar-refractivity contribution in [2.24, 2.45) is 0 Å². The lowest BCUT2D eigenvalue weighted by molar-refractivity contribution is -0.120. The van der Waals surface area contributed by atoms with E-state index in [0.717, 1.165) is 35.6 Å². The summed E-state index contributed by atoms with van der Waals surface area (Å²) >= 11 is 0. The van der Waals surface area contributed by atoms with E-state index >= 15 is 0 Å². The molecular weight excluding hydrogens is 338 g/mol. The van der Waals surface area contributed by atoms with E-state index in [0.29, 0.717) is 0 Å². The van der Waals surface area contributed by atoms with E-state index in [9.17, 15) is 9.59 Å². The Labute approximate surface area is 161 Å². The van der Waals surface area contributed by atoms with Crippen LogP contribution < -0.4 is 15.1 Å². The Kier molecular flexibility index (Phi) is 5.79. The maximum atomic E-state index is 12.6. The van der Waals surface area contributed by atoms with Crippen LogP contribution in [0, 0.1) is 13.8 Å². The highest BCUT2D eigenvalue weighted by Gasteiger charge is 2.18. The Balaban J connectivity index is 1.72. The zero-order valence-corrected chi connectivity index (χ0v) is 16.3. The molecule has 0 bridgehead atoms. The molecule has 0 unspecified atom stereocenters. The van der Waals surface area contributed by atoms with Crippen LogP contribution in [0.25, 0.3) is 0 Å². The fraction of sp³-hybridized carbons (Fsp3) is 0.364. The smallest absolute Gasteiger partial charge is 0.244 e. The van der Waals surface area contributed by atoms with Crippen molar-refractivity contribution in [2.45, 2.75) is 33.6 Å². The second-order valence-corrected chi connectivity index (χ2v) is 7.13. The van der Waals surface area contributed by atoms with Crippen molar-refractivity contribution in [1.82, 2.24) is 0 Å². The van der Waals surface area contributed by atoms with Crippen molar-refractivity contribution in [3.05, 3.63) is 53.6 Å². The van der Waals surface area contributed by atoms with E-state index in [2.05, 4.69) is 10.2 Å². The van der Waals surface area contributed by atoms with Crippen molar-refractivity contribution >= 4 is 28.9 Å². The van der Waals surface area contributed by atoms with E-state index < -0.39 is 0 Å². The highest BCUT2D eigenvalue weighted by atomic mass is 16.2. The molecule has 3 rings (SSSR count). The van der Waals surface area contributed by atoms with Crippen LogP contribution in [0.1, 0.15) is 30.9 Å². The average molecular weight is 365 g/mol. The number of carbonyl (C=O) groups is 2. The topological polar surface area (TPSA) is 52.7 Å². The molecule has 142 valence electrons. The van der Waals surface area contributed by atoms with Crippen LogP contribution in [0.2, 0.25) is 0 Å². The van der Waals surface area contributed by atoms with Crippen LogP contribution >= 0.6 is 0 Å². The minimum atomic E-state index is -0.203. The molecule has 27 heavy (non-hydrogen) atoms. The van der Waals surface area contributed by atoms with E-state index in [1.54, 1.807) is 0 Å². The lowest BCUT2D eigenvalue weighted by Gasteiger charge is -2.23. The number of hydrogen-bond donors (Lipinski definition) is 1. The maximum absolute atomic E-state index is 12.6. The summed E-state index contributed by atoms with van der Waals surface area (Å²) in [7, 11) is 0. The summed E-state index contributed by atoms with van der Waals surface area (Å²) < 4.78 is 0. The summed E-state index contributed by atoms with van der Waals surface area (Å²) in [5.74, 6) is -0.355. The van der Waals surface area contributed by atoms with Gasteiger partial charge in [0.2, 0.25) is 11.8 Å². The predicted octanol–water partition coefficient (Wildman–Crippen LogP) is 3.90. The van der Waals surface area contributed by atoms with E-state index in [1.807, 2.05) is 56.3 Å². The van der Waals surface area contributed by atoms with Gasteiger partial charge in [-0.25, -0.2) is 0 Å². The molecule has 1 aliphatic heterocycles. The number of carbonyl (C=O) groups excluding carboxylic acids is 2. The van der Waals surface area contributed by atoms with Gasteiger partial charge in [-0.3, -0.25) is 9.59 Å². The zero-order valence-electron chi connectivity index (χ0n) is 16.3. The lowest BCUT2D eigenvalue weighted by Crippen LogP contribution is -2.36. The third-order valence-electron chi connectivity index (χ3n) is 5.06. The highest BCUT2D eigenvalue weighted by Crippen LogP contribution is 2.24. The van der Waals surface area contributed by atoms with E-state index in [4.69, 9.17) is 0 Å². The van der Waals surface area contributed by atoms with Gasteiger partial charge in [-0.05, 0) is 62.1 Å². The van der Waals surface area contributed by atoms with Crippen LogP contribution in [0.4, 0.5) is 17.1 Å². The van der Waals surface area contributed by atoms with Gasteiger partial charge in [0.25, 0.3) is 0 Å². The summed E-state index contributed by atoms with van der Waals surface area (Å²) in [5, 5.41) is 2.95. The molecule has 1 N–H and O–H groups in total. The van der Waals surface area contributed by atoms with Gasteiger partial charge in [0.05, 0.1) is 0 Å². The monoisotopic (exact) mass is 365 g/mol. The third kappa shape index (κ3) is 4.48. The second-order valence-electron chi connectivity index (χ2n) is 7.13. The molecule has 1 aliphatic rings. The molecule has 2 aromatic carbocycles. The van der Waals surface area contributed by atoms with Gasteiger partial charge < -0.3 is 15.1 Å². The van der Waals surface area contributed by atoms with Gasteiger partial charge in [0.15, 0.2) is 0 Å². The Hall–Kier alpha value is -2.82. The van der Waals surface area contributed by atoms with Crippen molar-refractivity contribution in [3.63, 3.8) is 0 Å². The number of para-hydroxylation sites is 1. The van der Waals surface area contributed by atoms with Crippen LogP contribution in [0.15, 0.2) is 42.5 Å². The SMILES string of the molecule is CC(=O)N(CC(=O)Nc1c(C)cccc1C)c1ccc(N2CCCC2)cc1. The Morgan fingerprint density at radius 2 is 1.59 bits per heavy atom. The standard InChI is InChI=1S/C22H27N3O2/c1-16-7-6-8-17(2)22(16)23-21(27)15-25(18(3)26)20-11-9-19(10-12-20)24-13-4-5-14-24/h6-12H,4-5,13-15H2,1-3H3,(H,23,27). The molecule has 1 fully saturated rings. The van der Waals surface area contributed by atoms with Gasteiger partial charge in [-0.2, -0.15) is 0 Å². The van der Waals surface area contributed by atoms with Gasteiger partial charge in [0.1, 0.15) is 6.54 Å². The third-order valence-corrected chi connectivity index (χ3v) is 5.06. The first-order valence-electron chi connectivity index (χ1n) is 9.45. The summed E-state index contributed by atoms with van der Waals surface area (Å²) in [4.78, 5) is 28.6. The Morgan fingerprint density at radius 3 is 2.15 bits per heavy atom. The molecule has 1 heterocycles. The number of nitrogens with zero attached hydrogens (tertiary/aromatic N) is 2. The van der Waals surface area contributed by atoms with Gasteiger partial charge in [-0.1, -0.05) is 18.2 Å². The molecule has 0 atom stereocenters. The number of rotatable bonds is 5. The van der Waals surface area contributed by atoms with Crippen LogP contribution in [0.5, 0.6) is 0 Å². The van der Waals surface area contributed by atoms with Crippen molar-refractivity contribution in [2.75, 3.05) is 34.8 Å². The Bertz CT molecular complexity index is 804. The molecule has 5 heteroatoms. The maximum Gasteiger partial charge on any atom is 0.244 e. The zero-order chi connectivity index (χ0) is 19.4. The van der Waals surface area contributed by atoms with Gasteiger partial charge in [-0.15, -0.1) is 0 Å². The lowest BCUT2D eigenvalue weighted by atomic mass is 10.1. The molecule has 0 aromatic heterocycles. The number of nitrogens with one attached hydrogen (secondary N) is 1. The second kappa shape index (κ2) is 8.25. The molecule has 0 radical (unpaired) electrons. The Morgan fingerprint density at radius 1 is 1.00 bits per heavy atom. The summed E-state index contributed by atoms with van der Waals surface area (Å²) in [5.41, 5.74) is 4.73. The largest absolute Gasteiger partial charge is 0.372 e. The van der Waals surface area contributed by atoms with Crippen LogP contribution in [-0.2, 0) is 9.59 Å². The number of amides is 2. The van der Waals surface area contributed by atoms with Crippen LogP contribution in [0.3, 0.4) is 0 Å². The molecule has 0 spiro atoms. The summed E-state index contributed by atoms with van der Waals surface area (Å²) in [6.07, 6.45) is 2.44. The molecule has 0 aliphatic carbocycles. The molecule has 0 saturated carbocycles.